The predicted molar refractivity (Wildman–Crippen MR) is 133 cm³/mol. The van der Waals surface area contributed by atoms with Gasteiger partial charge in [-0.3, -0.25) is 0 Å². The number of methoxy groups -OCH3 is 1. The molecule has 0 aliphatic carbocycles. The maximum atomic E-state index is 12.5. The van der Waals surface area contributed by atoms with Crippen LogP contribution in [0.2, 0.25) is 0 Å². The number of carboxylic acid groups (broad SMARTS) is 1. The number of rotatable bonds is 6. The van der Waals surface area contributed by atoms with Gasteiger partial charge in [0.15, 0.2) is 0 Å². The molecule has 0 saturated carbocycles. The zero-order valence-electron chi connectivity index (χ0n) is 18.6. The van der Waals surface area contributed by atoms with Gasteiger partial charge in [-0.15, -0.1) is 0 Å². The van der Waals surface area contributed by atoms with E-state index in [0.29, 0.717) is 17.1 Å². The van der Waals surface area contributed by atoms with Gasteiger partial charge in [-0.25, -0.2) is 9.48 Å². The van der Waals surface area contributed by atoms with Gasteiger partial charge < -0.3 is 9.84 Å². The van der Waals surface area contributed by atoms with Gasteiger partial charge in [-0.1, -0.05) is 84.9 Å². The van der Waals surface area contributed by atoms with Crippen molar-refractivity contribution < 1.29 is 14.6 Å². The number of nitrogens with zero attached hydrogens (tertiary/aromatic N) is 2. The van der Waals surface area contributed by atoms with Crippen molar-refractivity contribution in [3.63, 3.8) is 0 Å². The summed E-state index contributed by atoms with van der Waals surface area (Å²) in [6.45, 7) is 0. The molecule has 4 aromatic carbocycles. The number of aromatic carboxylic acids is 1. The monoisotopic (exact) mass is 446 g/mol. The second kappa shape index (κ2) is 9.08. The molecule has 5 nitrogen and oxygen atoms in total. The molecule has 166 valence electrons. The lowest BCUT2D eigenvalue weighted by molar-refractivity contribution is 0.0698. The SMILES string of the molecule is COc1ccc(-n2nc(-c3ccc(-c4ccccc4)cc3)c(C(=O)O)c2-c2ccccc2)cc1. The van der Waals surface area contributed by atoms with E-state index in [9.17, 15) is 9.90 Å². The van der Waals surface area contributed by atoms with E-state index in [1.807, 2.05) is 109 Å². The Bertz CT molecular complexity index is 1420. The van der Waals surface area contributed by atoms with Crippen molar-refractivity contribution in [2.45, 2.75) is 0 Å². The first kappa shape index (κ1) is 21.2. The van der Waals surface area contributed by atoms with Gasteiger partial charge in [0, 0.05) is 11.1 Å². The second-order valence-corrected chi connectivity index (χ2v) is 7.80. The van der Waals surface area contributed by atoms with E-state index in [2.05, 4.69) is 0 Å². The molecule has 0 spiro atoms. The Morgan fingerprint density at radius 1 is 0.706 bits per heavy atom. The molecular weight excluding hydrogens is 424 g/mol. The van der Waals surface area contributed by atoms with Crippen LogP contribution in [-0.2, 0) is 0 Å². The third-order valence-electron chi connectivity index (χ3n) is 5.73. The fourth-order valence-corrected chi connectivity index (χ4v) is 4.05. The van der Waals surface area contributed by atoms with Crippen LogP contribution in [0.4, 0.5) is 0 Å². The molecule has 0 atom stereocenters. The minimum absolute atomic E-state index is 0.162. The van der Waals surface area contributed by atoms with Crippen LogP contribution in [0.1, 0.15) is 10.4 Å². The highest BCUT2D eigenvalue weighted by molar-refractivity contribution is 6.02. The molecule has 0 saturated heterocycles. The van der Waals surface area contributed by atoms with Crippen molar-refractivity contribution in [1.29, 1.82) is 0 Å². The zero-order valence-corrected chi connectivity index (χ0v) is 18.6. The topological polar surface area (TPSA) is 64.4 Å². The summed E-state index contributed by atoms with van der Waals surface area (Å²) in [5.74, 6) is -0.312. The third kappa shape index (κ3) is 3.95. The molecule has 0 aliphatic rings. The summed E-state index contributed by atoms with van der Waals surface area (Å²) in [6.07, 6.45) is 0. The Hall–Kier alpha value is -4.64. The summed E-state index contributed by atoms with van der Waals surface area (Å²) < 4.78 is 6.97. The van der Waals surface area contributed by atoms with Crippen molar-refractivity contribution in [3.05, 3.63) is 115 Å². The quantitative estimate of drug-likeness (QED) is 0.320. The molecule has 5 aromatic rings. The molecule has 34 heavy (non-hydrogen) atoms. The van der Waals surface area contributed by atoms with Crippen molar-refractivity contribution in [2.75, 3.05) is 7.11 Å². The summed E-state index contributed by atoms with van der Waals surface area (Å²) in [5.41, 5.74) is 5.52. The van der Waals surface area contributed by atoms with E-state index in [-0.39, 0.29) is 5.56 Å². The molecule has 0 bridgehead atoms. The molecule has 5 rings (SSSR count). The van der Waals surface area contributed by atoms with Gasteiger partial charge in [0.05, 0.1) is 18.5 Å². The number of carboxylic acids is 1. The van der Waals surface area contributed by atoms with Gasteiger partial charge in [0.25, 0.3) is 0 Å². The first-order chi connectivity index (χ1) is 16.7. The maximum Gasteiger partial charge on any atom is 0.340 e. The largest absolute Gasteiger partial charge is 0.497 e. The Kier molecular flexibility index (Phi) is 5.67. The normalized spacial score (nSPS) is 10.7. The van der Waals surface area contributed by atoms with Gasteiger partial charge in [0.1, 0.15) is 17.0 Å². The molecule has 5 heteroatoms. The Morgan fingerprint density at radius 2 is 1.24 bits per heavy atom. The molecule has 0 aliphatic heterocycles. The van der Waals surface area contributed by atoms with E-state index in [1.165, 1.54) is 0 Å². The summed E-state index contributed by atoms with van der Waals surface area (Å²) in [6, 6.07) is 34.8. The van der Waals surface area contributed by atoms with Crippen LogP contribution >= 0.6 is 0 Å². The Balaban J connectivity index is 1.70. The minimum atomic E-state index is -1.03. The summed E-state index contributed by atoms with van der Waals surface area (Å²) in [7, 11) is 1.61. The Morgan fingerprint density at radius 3 is 1.79 bits per heavy atom. The van der Waals surface area contributed by atoms with E-state index in [1.54, 1.807) is 11.8 Å². The molecule has 1 aromatic heterocycles. The highest BCUT2D eigenvalue weighted by atomic mass is 16.5. The predicted octanol–water partition coefficient (Wildman–Crippen LogP) is 6.58. The first-order valence-corrected chi connectivity index (χ1v) is 10.9. The van der Waals surface area contributed by atoms with Crippen molar-refractivity contribution in [3.8, 4) is 45.1 Å². The number of carbonyl (C=O) groups is 1. The smallest absolute Gasteiger partial charge is 0.340 e. The third-order valence-corrected chi connectivity index (χ3v) is 5.73. The van der Waals surface area contributed by atoms with Crippen molar-refractivity contribution in [2.24, 2.45) is 0 Å². The first-order valence-electron chi connectivity index (χ1n) is 10.9. The van der Waals surface area contributed by atoms with Crippen LogP contribution in [0.5, 0.6) is 5.75 Å². The lowest BCUT2D eigenvalue weighted by Gasteiger charge is -2.09. The minimum Gasteiger partial charge on any atom is -0.497 e. The van der Waals surface area contributed by atoms with Crippen molar-refractivity contribution >= 4 is 5.97 Å². The maximum absolute atomic E-state index is 12.5. The van der Waals surface area contributed by atoms with Gasteiger partial charge >= 0.3 is 5.97 Å². The molecule has 0 fully saturated rings. The summed E-state index contributed by atoms with van der Waals surface area (Å²) in [5, 5.41) is 15.1. The molecule has 0 radical (unpaired) electrons. The van der Waals surface area contributed by atoms with Gasteiger partial charge in [-0.2, -0.15) is 5.10 Å². The van der Waals surface area contributed by atoms with E-state index < -0.39 is 5.97 Å². The zero-order chi connectivity index (χ0) is 23.5. The van der Waals surface area contributed by atoms with Gasteiger partial charge in [-0.05, 0) is 35.4 Å². The highest BCUT2D eigenvalue weighted by Crippen LogP contribution is 2.35. The fraction of sp³-hybridized carbons (Fsp3) is 0.0345. The molecule has 1 N–H and O–H groups in total. The lowest BCUT2D eigenvalue weighted by Crippen LogP contribution is -2.03. The molecule has 1 heterocycles. The van der Waals surface area contributed by atoms with E-state index in [0.717, 1.165) is 27.9 Å². The molecular formula is C29H22N2O3. The number of hydrogen-bond acceptors (Lipinski definition) is 3. The van der Waals surface area contributed by atoms with Gasteiger partial charge in [0.2, 0.25) is 0 Å². The fourth-order valence-electron chi connectivity index (χ4n) is 4.05. The van der Waals surface area contributed by atoms with Crippen LogP contribution in [0.15, 0.2) is 109 Å². The molecule has 0 unspecified atom stereocenters. The van der Waals surface area contributed by atoms with Crippen LogP contribution < -0.4 is 4.74 Å². The van der Waals surface area contributed by atoms with E-state index in [4.69, 9.17) is 9.84 Å². The second-order valence-electron chi connectivity index (χ2n) is 7.80. The number of benzene rings is 4. The number of aromatic nitrogens is 2. The van der Waals surface area contributed by atoms with Crippen LogP contribution in [0.3, 0.4) is 0 Å². The standard InChI is InChI=1S/C29H22N2O3/c1-34-25-18-16-24(17-19-25)31-28(23-10-6-3-7-11-23)26(29(32)33)27(30-31)22-14-12-21(13-15-22)20-8-4-2-5-9-20/h2-19H,1H3,(H,32,33). The number of hydrogen-bond donors (Lipinski definition) is 1. The average molecular weight is 447 g/mol. The lowest BCUT2D eigenvalue weighted by atomic mass is 9.99. The van der Waals surface area contributed by atoms with Crippen molar-refractivity contribution in [1.82, 2.24) is 9.78 Å². The Labute approximate surface area is 197 Å². The van der Waals surface area contributed by atoms with E-state index >= 15 is 0 Å². The van der Waals surface area contributed by atoms with Crippen LogP contribution in [0, 0.1) is 0 Å². The summed E-state index contributed by atoms with van der Waals surface area (Å²) >= 11 is 0. The van der Waals surface area contributed by atoms with Crippen LogP contribution in [0.25, 0.3) is 39.3 Å². The molecule has 0 amide bonds. The van der Waals surface area contributed by atoms with Crippen LogP contribution in [-0.4, -0.2) is 28.0 Å². The summed E-state index contributed by atoms with van der Waals surface area (Å²) in [4.78, 5) is 12.5. The number of ether oxygens (including phenoxy) is 1. The highest BCUT2D eigenvalue weighted by Gasteiger charge is 2.26. The average Bonchev–Trinajstić information content (AvgIpc) is 3.31.